The van der Waals surface area contributed by atoms with E-state index in [9.17, 15) is 9.59 Å². The van der Waals surface area contributed by atoms with Crippen molar-refractivity contribution in [2.75, 3.05) is 17.2 Å². The average Bonchev–Trinajstić information content (AvgIpc) is 2.50. The molecule has 0 heterocycles. The van der Waals surface area contributed by atoms with Crippen molar-refractivity contribution in [1.82, 2.24) is 0 Å². The summed E-state index contributed by atoms with van der Waals surface area (Å²) in [5.41, 5.74) is 2.25. The molecule has 0 bridgehead atoms. The molecule has 0 aliphatic carbocycles. The molecule has 0 fully saturated rings. The maximum absolute atomic E-state index is 11.9. The van der Waals surface area contributed by atoms with E-state index in [2.05, 4.69) is 10.6 Å². The molecule has 0 unspecified atom stereocenters. The van der Waals surface area contributed by atoms with Crippen LogP contribution in [0.2, 0.25) is 0 Å². The normalized spacial score (nSPS) is 9.86. The molecule has 0 radical (unpaired) electrons. The lowest BCUT2D eigenvalue weighted by atomic mass is 10.1. The lowest BCUT2D eigenvalue weighted by Gasteiger charge is -2.08. The number of hydrogen-bond acceptors (Lipinski definition) is 3. The van der Waals surface area contributed by atoms with Gasteiger partial charge in [0.25, 0.3) is 0 Å². The summed E-state index contributed by atoms with van der Waals surface area (Å²) in [7, 11) is 0. The smallest absolute Gasteiger partial charge is 0.411 e. The molecular formula is C17H18N2O3. The number of anilines is 2. The minimum atomic E-state index is -0.497. The van der Waals surface area contributed by atoms with Crippen molar-refractivity contribution in [2.45, 2.75) is 13.3 Å². The van der Waals surface area contributed by atoms with Gasteiger partial charge in [0.1, 0.15) is 0 Å². The number of carbonyl (C=O) groups is 2. The second-order valence-corrected chi connectivity index (χ2v) is 4.63. The molecular weight excluding hydrogens is 280 g/mol. The summed E-state index contributed by atoms with van der Waals surface area (Å²) in [6.45, 7) is 2.06. The fraction of sp³-hybridized carbons (Fsp3) is 0.176. The van der Waals surface area contributed by atoms with Crippen molar-refractivity contribution in [1.29, 1.82) is 0 Å². The Labute approximate surface area is 129 Å². The summed E-state index contributed by atoms with van der Waals surface area (Å²) >= 11 is 0. The molecule has 2 aromatic rings. The number of ether oxygens (including phenoxy) is 1. The van der Waals surface area contributed by atoms with E-state index >= 15 is 0 Å². The third-order valence-electron chi connectivity index (χ3n) is 2.90. The van der Waals surface area contributed by atoms with Gasteiger partial charge in [-0.2, -0.15) is 0 Å². The molecule has 22 heavy (non-hydrogen) atoms. The molecule has 114 valence electrons. The van der Waals surface area contributed by atoms with Crippen LogP contribution in [0.25, 0.3) is 0 Å². The highest BCUT2D eigenvalue weighted by atomic mass is 16.5. The molecule has 0 atom stereocenters. The van der Waals surface area contributed by atoms with Crippen LogP contribution in [-0.4, -0.2) is 18.6 Å². The van der Waals surface area contributed by atoms with Crippen LogP contribution in [0.1, 0.15) is 12.5 Å². The van der Waals surface area contributed by atoms with Crippen LogP contribution in [0, 0.1) is 0 Å². The largest absolute Gasteiger partial charge is 0.450 e. The Morgan fingerprint density at radius 2 is 1.50 bits per heavy atom. The van der Waals surface area contributed by atoms with Crippen molar-refractivity contribution in [3.63, 3.8) is 0 Å². The highest BCUT2D eigenvalue weighted by molar-refractivity contribution is 5.92. The van der Waals surface area contributed by atoms with Gasteiger partial charge in [0.2, 0.25) is 5.91 Å². The Kier molecular flexibility index (Phi) is 5.54. The van der Waals surface area contributed by atoms with E-state index in [0.29, 0.717) is 24.4 Å². The van der Waals surface area contributed by atoms with Gasteiger partial charge >= 0.3 is 6.09 Å². The van der Waals surface area contributed by atoms with Gasteiger partial charge < -0.3 is 10.1 Å². The zero-order valence-electron chi connectivity index (χ0n) is 12.3. The van der Waals surface area contributed by atoms with Gasteiger partial charge in [0.15, 0.2) is 0 Å². The predicted molar refractivity (Wildman–Crippen MR) is 85.9 cm³/mol. The number of nitrogens with one attached hydrogen (secondary N) is 2. The second-order valence-electron chi connectivity index (χ2n) is 4.63. The topological polar surface area (TPSA) is 67.4 Å². The van der Waals surface area contributed by atoms with Crippen LogP contribution in [0.5, 0.6) is 0 Å². The first-order valence-electron chi connectivity index (χ1n) is 7.05. The molecule has 0 spiro atoms. The quantitative estimate of drug-likeness (QED) is 0.888. The predicted octanol–water partition coefficient (Wildman–Crippen LogP) is 3.44. The third kappa shape index (κ3) is 4.94. The molecule has 2 aromatic carbocycles. The standard InChI is InChI=1S/C17H18N2O3/c1-2-22-17(21)19-15-10-8-14(9-11-15)18-16(20)12-13-6-4-3-5-7-13/h3-11H,2,12H2,1H3,(H,18,20)(H,19,21). The van der Waals surface area contributed by atoms with Gasteiger partial charge in [0.05, 0.1) is 13.0 Å². The number of carbonyl (C=O) groups excluding carboxylic acids is 2. The lowest BCUT2D eigenvalue weighted by molar-refractivity contribution is -0.115. The van der Waals surface area contributed by atoms with Crippen molar-refractivity contribution in [2.24, 2.45) is 0 Å². The first kappa shape index (κ1) is 15.6. The van der Waals surface area contributed by atoms with Gasteiger partial charge in [-0.1, -0.05) is 30.3 Å². The highest BCUT2D eigenvalue weighted by Crippen LogP contribution is 2.14. The molecule has 0 saturated carbocycles. The van der Waals surface area contributed by atoms with Crippen molar-refractivity contribution < 1.29 is 14.3 Å². The molecule has 5 nitrogen and oxygen atoms in total. The zero-order chi connectivity index (χ0) is 15.8. The number of hydrogen-bond donors (Lipinski definition) is 2. The molecule has 0 saturated heterocycles. The number of rotatable bonds is 5. The Hall–Kier alpha value is -2.82. The fourth-order valence-electron chi connectivity index (χ4n) is 1.91. The van der Waals surface area contributed by atoms with E-state index in [0.717, 1.165) is 5.56 Å². The van der Waals surface area contributed by atoms with Crippen molar-refractivity contribution in [3.8, 4) is 0 Å². The maximum Gasteiger partial charge on any atom is 0.411 e. The summed E-state index contributed by atoms with van der Waals surface area (Å²) in [5, 5.41) is 5.40. The Bertz CT molecular complexity index is 624. The van der Waals surface area contributed by atoms with Gasteiger partial charge in [-0.05, 0) is 36.8 Å². The van der Waals surface area contributed by atoms with E-state index in [1.165, 1.54) is 0 Å². The minimum absolute atomic E-state index is 0.0858. The average molecular weight is 298 g/mol. The molecule has 0 aliphatic heterocycles. The Morgan fingerprint density at radius 3 is 2.09 bits per heavy atom. The van der Waals surface area contributed by atoms with Crippen LogP contribution in [0.15, 0.2) is 54.6 Å². The first-order chi connectivity index (χ1) is 10.7. The van der Waals surface area contributed by atoms with Gasteiger partial charge in [-0.15, -0.1) is 0 Å². The Morgan fingerprint density at radius 1 is 0.909 bits per heavy atom. The van der Waals surface area contributed by atoms with E-state index in [1.54, 1.807) is 31.2 Å². The van der Waals surface area contributed by atoms with E-state index < -0.39 is 6.09 Å². The summed E-state index contributed by atoms with van der Waals surface area (Å²) in [6, 6.07) is 16.4. The summed E-state index contributed by atoms with van der Waals surface area (Å²) in [6.07, 6.45) is -0.174. The van der Waals surface area contributed by atoms with Crippen LogP contribution in [0.4, 0.5) is 16.2 Å². The molecule has 2 rings (SSSR count). The second kappa shape index (κ2) is 7.83. The van der Waals surface area contributed by atoms with Crippen molar-refractivity contribution in [3.05, 3.63) is 60.2 Å². The molecule has 0 aromatic heterocycles. The number of amides is 2. The summed E-state index contributed by atoms with van der Waals surface area (Å²) in [4.78, 5) is 23.2. The van der Waals surface area contributed by atoms with E-state index in [-0.39, 0.29) is 5.91 Å². The molecule has 0 aliphatic rings. The maximum atomic E-state index is 11.9. The number of benzene rings is 2. The molecule has 2 amide bonds. The highest BCUT2D eigenvalue weighted by Gasteiger charge is 2.05. The van der Waals surface area contributed by atoms with Crippen LogP contribution in [-0.2, 0) is 16.0 Å². The Balaban J connectivity index is 1.88. The van der Waals surface area contributed by atoms with Crippen LogP contribution < -0.4 is 10.6 Å². The SMILES string of the molecule is CCOC(=O)Nc1ccc(NC(=O)Cc2ccccc2)cc1. The summed E-state index contributed by atoms with van der Waals surface area (Å²) in [5.74, 6) is -0.0858. The van der Waals surface area contributed by atoms with Crippen LogP contribution in [0.3, 0.4) is 0 Å². The fourth-order valence-corrected chi connectivity index (χ4v) is 1.91. The third-order valence-corrected chi connectivity index (χ3v) is 2.90. The first-order valence-corrected chi connectivity index (χ1v) is 7.05. The van der Waals surface area contributed by atoms with E-state index in [4.69, 9.17) is 4.74 Å². The summed E-state index contributed by atoms with van der Waals surface area (Å²) < 4.78 is 4.79. The van der Waals surface area contributed by atoms with Crippen molar-refractivity contribution >= 4 is 23.4 Å². The monoisotopic (exact) mass is 298 g/mol. The zero-order valence-corrected chi connectivity index (χ0v) is 12.3. The van der Waals surface area contributed by atoms with Gasteiger partial charge in [-0.3, -0.25) is 10.1 Å². The van der Waals surface area contributed by atoms with Gasteiger partial charge in [-0.25, -0.2) is 4.79 Å². The molecule has 5 heteroatoms. The van der Waals surface area contributed by atoms with E-state index in [1.807, 2.05) is 30.3 Å². The van der Waals surface area contributed by atoms with Crippen LogP contribution >= 0.6 is 0 Å². The van der Waals surface area contributed by atoms with Gasteiger partial charge in [0, 0.05) is 11.4 Å². The molecule has 2 N–H and O–H groups in total. The minimum Gasteiger partial charge on any atom is -0.450 e. The lowest BCUT2D eigenvalue weighted by Crippen LogP contribution is -2.15.